The lowest BCUT2D eigenvalue weighted by atomic mass is 9.72. The van der Waals surface area contributed by atoms with Gasteiger partial charge in [-0.1, -0.05) is 53.4 Å². The summed E-state index contributed by atoms with van der Waals surface area (Å²) in [7, 11) is 0. The average molecular weight is 378 g/mol. The maximum Gasteiger partial charge on any atom is 0.339 e. The van der Waals surface area contributed by atoms with Gasteiger partial charge in [0, 0.05) is 16.7 Å². The molecule has 4 nitrogen and oxygen atoms in total. The maximum atomic E-state index is 12.9. The molecule has 0 bridgehead atoms. The van der Waals surface area contributed by atoms with Gasteiger partial charge in [-0.3, -0.25) is 4.79 Å². The molecule has 0 unspecified atom stereocenters. The Balaban J connectivity index is 2.44. The molecule has 0 aliphatic heterocycles. The molecule has 2 N–H and O–H groups in total. The van der Waals surface area contributed by atoms with Crippen molar-refractivity contribution in [2.45, 2.75) is 41.5 Å². The normalized spacial score (nSPS) is 14.6. The van der Waals surface area contributed by atoms with E-state index in [9.17, 15) is 14.7 Å². The number of aromatic hydroxyl groups is 1. The summed E-state index contributed by atoms with van der Waals surface area (Å²) in [5, 5.41) is 18.7. The van der Waals surface area contributed by atoms with E-state index in [2.05, 4.69) is 11.8 Å². The van der Waals surface area contributed by atoms with Crippen LogP contribution in [0.15, 0.2) is 53.1 Å². The first-order chi connectivity index (χ1) is 12.8. The van der Waals surface area contributed by atoms with Gasteiger partial charge in [0.15, 0.2) is 5.78 Å². The third-order valence-electron chi connectivity index (χ3n) is 4.41. The number of aromatic carboxylic acids is 1. The van der Waals surface area contributed by atoms with E-state index in [1.165, 1.54) is 12.1 Å². The fraction of sp³-hybridized carbons (Fsp3) is 0.333. The Hall–Kier alpha value is -3.06. The number of carbonyl (C=O) groups is 2. The number of carbonyl (C=O) groups excluding carboxylic acids is 1. The van der Waals surface area contributed by atoms with Gasteiger partial charge < -0.3 is 10.2 Å². The number of rotatable bonds is 1. The molecule has 1 aromatic rings. The van der Waals surface area contributed by atoms with Crippen molar-refractivity contribution in [2.24, 2.45) is 10.8 Å². The number of carboxylic acids is 1. The van der Waals surface area contributed by atoms with Crippen LogP contribution >= 0.6 is 0 Å². The van der Waals surface area contributed by atoms with E-state index < -0.39 is 5.97 Å². The molecule has 1 aliphatic carbocycles. The Bertz CT molecular complexity index is 942. The smallest absolute Gasteiger partial charge is 0.339 e. The SMILES string of the molecule is CC(C)(C)C1=CC(=CC#Cc2ccc(C(=O)O)c(O)c2)C=C(C(C)(C)C)C1=O. The molecule has 0 amide bonds. The number of carboxylic acid groups (broad SMARTS) is 1. The van der Waals surface area contributed by atoms with Crippen molar-refractivity contribution in [1.29, 1.82) is 0 Å². The Morgan fingerprint density at radius 3 is 1.96 bits per heavy atom. The van der Waals surface area contributed by atoms with Crippen LogP contribution in [0, 0.1) is 22.7 Å². The van der Waals surface area contributed by atoms with Crippen LogP contribution < -0.4 is 0 Å². The van der Waals surface area contributed by atoms with Gasteiger partial charge in [-0.05, 0) is 52.8 Å². The number of hydrogen-bond acceptors (Lipinski definition) is 3. The third kappa shape index (κ3) is 4.80. The highest BCUT2D eigenvalue weighted by atomic mass is 16.4. The molecular formula is C24H26O4. The number of hydrogen-bond donors (Lipinski definition) is 2. The zero-order chi connectivity index (χ0) is 21.3. The Kier molecular flexibility index (Phi) is 5.70. The van der Waals surface area contributed by atoms with Crippen molar-refractivity contribution in [3.63, 3.8) is 0 Å². The molecule has 0 heterocycles. The van der Waals surface area contributed by atoms with Crippen molar-refractivity contribution in [3.05, 3.63) is 64.3 Å². The topological polar surface area (TPSA) is 74.6 Å². The molecule has 0 saturated carbocycles. The zero-order valence-corrected chi connectivity index (χ0v) is 17.2. The Labute approximate surface area is 166 Å². The molecule has 4 heteroatoms. The summed E-state index contributed by atoms with van der Waals surface area (Å²) in [5.41, 5.74) is 2.11. The summed E-state index contributed by atoms with van der Waals surface area (Å²) in [6.45, 7) is 12.1. The van der Waals surface area contributed by atoms with E-state index in [1.54, 1.807) is 12.1 Å². The van der Waals surface area contributed by atoms with E-state index >= 15 is 0 Å². The molecular weight excluding hydrogens is 352 g/mol. The first kappa shape index (κ1) is 21.2. The van der Waals surface area contributed by atoms with Crippen molar-refractivity contribution < 1.29 is 19.8 Å². The van der Waals surface area contributed by atoms with Gasteiger partial charge in [0.05, 0.1) is 0 Å². The highest BCUT2D eigenvalue weighted by Crippen LogP contribution is 2.38. The number of ketones is 1. The molecule has 0 spiro atoms. The lowest BCUT2D eigenvalue weighted by Crippen LogP contribution is -2.27. The number of Topliss-reactive ketones (excluding diaryl/α,β-unsaturated/α-hetero) is 1. The summed E-state index contributed by atoms with van der Waals surface area (Å²) in [6, 6.07) is 4.20. The van der Waals surface area contributed by atoms with Crippen LogP contribution in [0.2, 0.25) is 0 Å². The van der Waals surface area contributed by atoms with Gasteiger partial charge in [0.2, 0.25) is 0 Å². The van der Waals surface area contributed by atoms with Crippen molar-refractivity contribution in [2.75, 3.05) is 0 Å². The highest BCUT2D eigenvalue weighted by molar-refractivity contribution is 6.11. The predicted molar refractivity (Wildman–Crippen MR) is 110 cm³/mol. The third-order valence-corrected chi connectivity index (χ3v) is 4.41. The predicted octanol–water partition coefficient (Wildman–Crippen LogP) is 4.90. The Morgan fingerprint density at radius 2 is 1.54 bits per heavy atom. The van der Waals surface area contributed by atoms with E-state index in [-0.39, 0.29) is 27.9 Å². The summed E-state index contributed by atoms with van der Waals surface area (Å²) < 4.78 is 0. The van der Waals surface area contributed by atoms with Crippen LogP contribution in [0.1, 0.15) is 57.5 Å². The monoisotopic (exact) mass is 378 g/mol. The number of phenols is 1. The minimum Gasteiger partial charge on any atom is -0.507 e. The second-order valence-electron chi connectivity index (χ2n) is 8.90. The molecule has 146 valence electrons. The second kappa shape index (κ2) is 7.52. The standard InChI is InChI=1S/C24H26O4/c1-23(2,3)18-12-16(13-19(21(18)26)24(4,5)6)9-7-8-15-10-11-17(22(27)28)20(25)14-15/h9-14,25H,1-6H3,(H,27,28). The van der Waals surface area contributed by atoms with Crippen LogP contribution in [0.3, 0.4) is 0 Å². The molecule has 1 aromatic carbocycles. The number of benzene rings is 1. The molecule has 0 atom stereocenters. The van der Waals surface area contributed by atoms with Crippen LogP contribution in [-0.2, 0) is 4.79 Å². The fourth-order valence-corrected chi connectivity index (χ4v) is 2.84. The van der Waals surface area contributed by atoms with Crippen molar-refractivity contribution in [3.8, 4) is 17.6 Å². The fourth-order valence-electron chi connectivity index (χ4n) is 2.84. The van der Waals surface area contributed by atoms with Crippen LogP contribution in [0.5, 0.6) is 5.75 Å². The van der Waals surface area contributed by atoms with Gasteiger partial charge in [-0.15, -0.1) is 0 Å². The lowest BCUT2D eigenvalue weighted by molar-refractivity contribution is -0.114. The second-order valence-corrected chi connectivity index (χ2v) is 8.90. The lowest BCUT2D eigenvalue weighted by Gasteiger charge is -2.31. The summed E-state index contributed by atoms with van der Waals surface area (Å²) in [6.07, 6.45) is 5.47. The van der Waals surface area contributed by atoms with E-state index in [1.807, 2.05) is 53.7 Å². The van der Waals surface area contributed by atoms with Gasteiger partial charge in [0.1, 0.15) is 11.3 Å². The first-order valence-corrected chi connectivity index (χ1v) is 9.08. The maximum absolute atomic E-state index is 12.9. The summed E-state index contributed by atoms with van der Waals surface area (Å²) in [5.74, 6) is 4.39. The highest BCUT2D eigenvalue weighted by Gasteiger charge is 2.33. The van der Waals surface area contributed by atoms with E-state index in [0.717, 1.165) is 16.7 Å². The molecule has 0 fully saturated rings. The Morgan fingerprint density at radius 1 is 1.00 bits per heavy atom. The molecule has 0 aromatic heterocycles. The van der Waals surface area contributed by atoms with Crippen LogP contribution in [0.25, 0.3) is 0 Å². The molecule has 2 rings (SSSR count). The number of allylic oxidation sites excluding steroid dienone is 6. The van der Waals surface area contributed by atoms with Crippen molar-refractivity contribution >= 4 is 11.8 Å². The average Bonchev–Trinajstić information content (AvgIpc) is 2.53. The van der Waals surface area contributed by atoms with E-state index in [0.29, 0.717) is 5.56 Å². The summed E-state index contributed by atoms with van der Waals surface area (Å²) in [4.78, 5) is 23.9. The molecule has 0 saturated heterocycles. The zero-order valence-electron chi connectivity index (χ0n) is 17.2. The van der Waals surface area contributed by atoms with Gasteiger partial charge >= 0.3 is 5.97 Å². The van der Waals surface area contributed by atoms with Gasteiger partial charge in [-0.2, -0.15) is 0 Å². The van der Waals surface area contributed by atoms with Crippen molar-refractivity contribution in [1.82, 2.24) is 0 Å². The largest absolute Gasteiger partial charge is 0.507 e. The van der Waals surface area contributed by atoms with Crippen LogP contribution in [-0.4, -0.2) is 22.0 Å². The molecule has 28 heavy (non-hydrogen) atoms. The first-order valence-electron chi connectivity index (χ1n) is 9.08. The molecule has 1 aliphatic rings. The minimum atomic E-state index is -1.19. The van der Waals surface area contributed by atoms with Crippen LogP contribution in [0.4, 0.5) is 0 Å². The van der Waals surface area contributed by atoms with Gasteiger partial charge in [-0.25, -0.2) is 4.79 Å². The van der Waals surface area contributed by atoms with Gasteiger partial charge in [0.25, 0.3) is 0 Å². The minimum absolute atomic E-state index is 0.0688. The summed E-state index contributed by atoms with van der Waals surface area (Å²) >= 11 is 0. The molecule has 0 radical (unpaired) electrons. The van der Waals surface area contributed by atoms with E-state index in [4.69, 9.17) is 5.11 Å². The quantitative estimate of drug-likeness (QED) is 0.682.